The smallest absolute Gasteiger partial charge is 0.248 e. The standard InChI is InChI=1S/C23H30ClN3O4S/c1-22-10-11-23(32-22)17(16(22)19(29)25-2)21(31)27(12-4-3-5-13-28)18(23)20(30)26-15-8-6-14(24)7-9-15/h6-9,16-18,28H,3-5,10-13H2,1-2H3,(H,25,29)(H,26,30)/t16-,17-,18?,22+,23?/m0/s1. The van der Waals surface area contributed by atoms with Crippen molar-refractivity contribution in [2.24, 2.45) is 11.8 Å². The average molecular weight is 480 g/mol. The quantitative estimate of drug-likeness (QED) is 0.498. The molecule has 174 valence electrons. The highest BCUT2D eigenvalue weighted by Crippen LogP contribution is 2.71. The number of rotatable bonds is 8. The van der Waals surface area contributed by atoms with Crippen LogP contribution in [-0.2, 0) is 14.4 Å². The van der Waals surface area contributed by atoms with Gasteiger partial charge in [0.05, 0.1) is 16.6 Å². The van der Waals surface area contributed by atoms with Crippen molar-refractivity contribution < 1.29 is 19.5 Å². The number of fused-ring (bicyclic) bond motifs is 1. The summed E-state index contributed by atoms with van der Waals surface area (Å²) >= 11 is 7.63. The van der Waals surface area contributed by atoms with Crippen LogP contribution in [0.25, 0.3) is 0 Å². The van der Waals surface area contributed by atoms with Crippen LogP contribution in [0.15, 0.2) is 24.3 Å². The van der Waals surface area contributed by atoms with Gasteiger partial charge in [0.15, 0.2) is 0 Å². The molecule has 2 bridgehead atoms. The number of halogens is 1. The lowest BCUT2D eigenvalue weighted by Crippen LogP contribution is -2.52. The zero-order valence-corrected chi connectivity index (χ0v) is 20.0. The number of unbranched alkanes of at least 4 members (excludes halogenated alkanes) is 2. The summed E-state index contributed by atoms with van der Waals surface area (Å²) in [5.74, 6) is -1.41. The number of nitrogens with one attached hydrogen (secondary N) is 2. The van der Waals surface area contributed by atoms with Crippen LogP contribution in [0.5, 0.6) is 0 Å². The molecule has 0 aliphatic carbocycles. The van der Waals surface area contributed by atoms with E-state index in [-0.39, 0.29) is 29.1 Å². The van der Waals surface area contributed by atoms with E-state index in [1.807, 2.05) is 0 Å². The van der Waals surface area contributed by atoms with Crippen molar-refractivity contribution in [3.8, 4) is 0 Å². The van der Waals surface area contributed by atoms with E-state index in [1.54, 1.807) is 48.0 Å². The Morgan fingerprint density at radius 3 is 2.56 bits per heavy atom. The minimum absolute atomic E-state index is 0.102. The number of thioether (sulfide) groups is 1. The van der Waals surface area contributed by atoms with E-state index in [0.717, 1.165) is 19.3 Å². The van der Waals surface area contributed by atoms with Crippen LogP contribution < -0.4 is 10.6 Å². The third kappa shape index (κ3) is 3.70. The first-order valence-corrected chi connectivity index (χ1v) is 12.4. The minimum atomic E-state index is -0.647. The number of hydrogen-bond donors (Lipinski definition) is 3. The number of carbonyl (C=O) groups is 3. The minimum Gasteiger partial charge on any atom is -0.396 e. The molecule has 1 spiro atoms. The molecule has 7 nitrogen and oxygen atoms in total. The van der Waals surface area contributed by atoms with Gasteiger partial charge in [0.2, 0.25) is 17.7 Å². The molecular weight excluding hydrogens is 450 g/mol. The Labute approximate surface area is 197 Å². The van der Waals surface area contributed by atoms with E-state index in [4.69, 9.17) is 16.7 Å². The molecule has 1 aromatic carbocycles. The second kappa shape index (κ2) is 8.88. The first kappa shape index (κ1) is 23.4. The fourth-order valence-electron chi connectivity index (χ4n) is 5.84. The summed E-state index contributed by atoms with van der Waals surface area (Å²) in [6.45, 7) is 2.60. The summed E-state index contributed by atoms with van der Waals surface area (Å²) in [7, 11) is 1.60. The van der Waals surface area contributed by atoms with Gasteiger partial charge >= 0.3 is 0 Å². The molecule has 3 fully saturated rings. The Balaban J connectivity index is 1.67. The Kier molecular flexibility index (Phi) is 6.49. The highest BCUT2D eigenvalue weighted by molar-refractivity contribution is 8.02. The van der Waals surface area contributed by atoms with Gasteiger partial charge in [0, 0.05) is 35.7 Å². The van der Waals surface area contributed by atoms with Crippen molar-refractivity contribution >= 4 is 46.8 Å². The molecule has 0 radical (unpaired) electrons. The molecule has 3 saturated heterocycles. The molecule has 1 aromatic rings. The molecule has 2 unspecified atom stereocenters. The molecule has 3 N–H and O–H groups in total. The van der Waals surface area contributed by atoms with Crippen molar-refractivity contribution in [3.05, 3.63) is 29.3 Å². The monoisotopic (exact) mass is 479 g/mol. The number of hydrogen-bond acceptors (Lipinski definition) is 5. The lowest BCUT2D eigenvalue weighted by Gasteiger charge is -2.34. The van der Waals surface area contributed by atoms with Crippen molar-refractivity contribution in [2.45, 2.75) is 54.6 Å². The molecule has 3 aliphatic rings. The van der Waals surface area contributed by atoms with Gasteiger partial charge in [-0.3, -0.25) is 14.4 Å². The zero-order valence-electron chi connectivity index (χ0n) is 18.4. The van der Waals surface area contributed by atoms with Gasteiger partial charge in [0.25, 0.3) is 0 Å². The van der Waals surface area contributed by atoms with Crippen LogP contribution in [0, 0.1) is 11.8 Å². The molecule has 32 heavy (non-hydrogen) atoms. The molecule has 4 rings (SSSR count). The number of aliphatic hydroxyl groups excluding tert-OH is 1. The average Bonchev–Trinajstić information content (AvgIpc) is 3.33. The molecule has 3 aliphatic heterocycles. The van der Waals surface area contributed by atoms with Gasteiger partial charge in [-0.2, -0.15) is 0 Å². The highest BCUT2D eigenvalue weighted by atomic mass is 35.5. The van der Waals surface area contributed by atoms with Crippen molar-refractivity contribution in [2.75, 3.05) is 25.5 Å². The Hall–Kier alpha value is -1.77. The number of nitrogens with zero attached hydrogens (tertiary/aromatic N) is 1. The molecule has 5 atom stereocenters. The maximum atomic E-state index is 13.7. The van der Waals surface area contributed by atoms with E-state index in [1.165, 1.54) is 0 Å². The highest BCUT2D eigenvalue weighted by Gasteiger charge is 2.76. The third-order valence-corrected chi connectivity index (χ3v) is 9.46. The summed E-state index contributed by atoms with van der Waals surface area (Å²) in [6.07, 6.45) is 3.65. The number of likely N-dealkylation sites (tertiary alicyclic amines) is 1. The Morgan fingerprint density at radius 1 is 1.19 bits per heavy atom. The summed E-state index contributed by atoms with van der Waals surface area (Å²) in [4.78, 5) is 41.9. The van der Waals surface area contributed by atoms with Crippen LogP contribution >= 0.6 is 23.4 Å². The maximum Gasteiger partial charge on any atom is 0.248 e. The second-order valence-electron chi connectivity index (χ2n) is 9.15. The Morgan fingerprint density at radius 2 is 1.91 bits per heavy atom. The number of carbonyl (C=O) groups excluding carboxylic acids is 3. The van der Waals surface area contributed by atoms with Crippen LogP contribution in [0.4, 0.5) is 5.69 Å². The summed E-state index contributed by atoms with van der Waals surface area (Å²) in [5.41, 5.74) is 0.624. The lowest BCUT2D eigenvalue weighted by atomic mass is 9.66. The fourth-order valence-corrected chi connectivity index (χ4v) is 8.32. The normalized spacial score (nSPS) is 32.8. The van der Waals surface area contributed by atoms with E-state index >= 15 is 0 Å². The second-order valence-corrected chi connectivity index (χ2v) is 11.5. The Bertz CT molecular complexity index is 913. The number of anilines is 1. The predicted octanol–water partition coefficient (Wildman–Crippen LogP) is 2.67. The SMILES string of the molecule is CNC(=O)[C@@H]1[C@H]2C(=O)N(CCCCCO)C(C(=O)Nc3ccc(Cl)cc3)C23CC[C@@]1(C)S3. The molecular formula is C23H30ClN3O4S. The first-order chi connectivity index (χ1) is 15.3. The molecule has 0 aromatic heterocycles. The lowest BCUT2D eigenvalue weighted by molar-refractivity contribution is -0.140. The fraction of sp³-hybridized carbons (Fsp3) is 0.609. The van der Waals surface area contributed by atoms with Gasteiger partial charge in [0.1, 0.15) is 6.04 Å². The van der Waals surface area contributed by atoms with E-state index in [9.17, 15) is 14.4 Å². The summed E-state index contributed by atoms with van der Waals surface area (Å²) < 4.78 is -0.974. The molecule has 0 saturated carbocycles. The van der Waals surface area contributed by atoms with Gasteiger partial charge < -0.3 is 20.6 Å². The number of amides is 3. The van der Waals surface area contributed by atoms with Crippen LogP contribution in [-0.4, -0.2) is 63.5 Å². The van der Waals surface area contributed by atoms with Gasteiger partial charge in [-0.05, 0) is 63.3 Å². The van der Waals surface area contributed by atoms with Crippen molar-refractivity contribution in [1.82, 2.24) is 10.2 Å². The van der Waals surface area contributed by atoms with E-state index in [0.29, 0.717) is 30.1 Å². The summed E-state index contributed by atoms with van der Waals surface area (Å²) in [5, 5.41) is 15.4. The van der Waals surface area contributed by atoms with Gasteiger partial charge in [-0.15, -0.1) is 11.8 Å². The maximum absolute atomic E-state index is 13.7. The van der Waals surface area contributed by atoms with Crippen molar-refractivity contribution in [3.63, 3.8) is 0 Å². The van der Waals surface area contributed by atoms with Gasteiger partial charge in [-0.25, -0.2) is 0 Å². The third-order valence-electron chi connectivity index (χ3n) is 7.22. The zero-order chi connectivity index (χ0) is 23.1. The molecule has 3 amide bonds. The largest absolute Gasteiger partial charge is 0.396 e. The van der Waals surface area contributed by atoms with Gasteiger partial charge in [-0.1, -0.05) is 11.6 Å². The van der Waals surface area contributed by atoms with Crippen molar-refractivity contribution in [1.29, 1.82) is 0 Å². The topological polar surface area (TPSA) is 98.7 Å². The number of aliphatic hydroxyl groups is 1. The first-order valence-electron chi connectivity index (χ1n) is 11.2. The van der Waals surface area contributed by atoms with E-state index in [2.05, 4.69) is 17.6 Å². The van der Waals surface area contributed by atoms with Crippen LogP contribution in [0.2, 0.25) is 5.02 Å². The van der Waals surface area contributed by atoms with E-state index < -0.39 is 22.6 Å². The van der Waals surface area contributed by atoms with Crippen LogP contribution in [0.3, 0.4) is 0 Å². The number of benzene rings is 1. The summed E-state index contributed by atoms with van der Waals surface area (Å²) in [6, 6.07) is 6.26. The molecule has 3 heterocycles. The molecule has 9 heteroatoms. The predicted molar refractivity (Wildman–Crippen MR) is 126 cm³/mol. The van der Waals surface area contributed by atoms with Crippen LogP contribution in [0.1, 0.15) is 39.0 Å².